The average Bonchev–Trinajstić information content (AvgIpc) is 2.60. The number of pyridine rings is 1. The van der Waals surface area contributed by atoms with Gasteiger partial charge in [-0.3, -0.25) is 24.1 Å². The first-order valence-corrected chi connectivity index (χ1v) is 9.12. The summed E-state index contributed by atoms with van der Waals surface area (Å²) in [5.41, 5.74) is 1.57. The summed E-state index contributed by atoms with van der Waals surface area (Å²) in [6.07, 6.45) is 4.41. The van der Waals surface area contributed by atoms with Crippen LogP contribution in [0.1, 0.15) is 50.7 Å². The third-order valence-electron chi connectivity index (χ3n) is 5.36. The summed E-state index contributed by atoms with van der Waals surface area (Å²) in [5.74, 6) is 0.0113. The Morgan fingerprint density at radius 3 is 2.56 bits per heavy atom. The molecule has 4 rings (SSSR count). The molecule has 2 aliphatic rings. The van der Waals surface area contributed by atoms with Gasteiger partial charge in [-0.05, 0) is 36.5 Å². The molecule has 7 heteroatoms. The molecule has 2 N–H and O–H groups in total. The second-order valence-corrected chi connectivity index (χ2v) is 7.94. The molecule has 1 atom stereocenters. The number of anilines is 1. The van der Waals surface area contributed by atoms with Crippen molar-refractivity contribution in [3.63, 3.8) is 0 Å². The summed E-state index contributed by atoms with van der Waals surface area (Å²) in [6.45, 7) is 6.37. The lowest BCUT2D eigenvalue weighted by atomic mass is 9.69. The monoisotopic (exact) mass is 366 g/mol. The maximum atomic E-state index is 13.1. The Morgan fingerprint density at radius 2 is 1.89 bits per heavy atom. The lowest BCUT2D eigenvalue weighted by molar-refractivity contribution is -0.118. The van der Waals surface area contributed by atoms with Gasteiger partial charge in [0.15, 0.2) is 5.78 Å². The molecule has 27 heavy (non-hydrogen) atoms. The number of Topliss-reactive ketones (excluding diaryl/α,β-unsaturated/α-hetero) is 1. The van der Waals surface area contributed by atoms with E-state index in [-0.39, 0.29) is 11.2 Å². The van der Waals surface area contributed by atoms with Crippen LogP contribution < -0.4 is 16.6 Å². The summed E-state index contributed by atoms with van der Waals surface area (Å²) >= 11 is 0. The molecular weight excluding hydrogens is 344 g/mol. The van der Waals surface area contributed by atoms with Crippen LogP contribution >= 0.6 is 0 Å². The minimum absolute atomic E-state index is 0.0369. The van der Waals surface area contributed by atoms with Gasteiger partial charge in [-0.25, -0.2) is 4.79 Å². The SMILES string of the molecule is CCn1c2c(c(=O)[nH]c1=O)[C@H](c1ccncc1)C1=C(CC(C)(C)CC1=O)N2. The number of aromatic nitrogens is 3. The Morgan fingerprint density at radius 1 is 1.19 bits per heavy atom. The van der Waals surface area contributed by atoms with Gasteiger partial charge in [0.2, 0.25) is 0 Å². The van der Waals surface area contributed by atoms with Crippen LogP contribution in [0.2, 0.25) is 0 Å². The predicted molar refractivity (Wildman–Crippen MR) is 102 cm³/mol. The molecule has 0 saturated carbocycles. The van der Waals surface area contributed by atoms with Gasteiger partial charge >= 0.3 is 5.69 Å². The van der Waals surface area contributed by atoms with Crippen molar-refractivity contribution in [2.75, 3.05) is 5.32 Å². The van der Waals surface area contributed by atoms with Crippen LogP contribution in [0.15, 0.2) is 45.4 Å². The topological polar surface area (TPSA) is 96.8 Å². The van der Waals surface area contributed by atoms with E-state index in [2.05, 4.69) is 29.1 Å². The molecule has 140 valence electrons. The van der Waals surface area contributed by atoms with Crippen molar-refractivity contribution < 1.29 is 4.79 Å². The minimum Gasteiger partial charge on any atom is -0.344 e. The minimum atomic E-state index is -0.509. The number of fused-ring (bicyclic) bond motifs is 1. The molecule has 2 aromatic heterocycles. The fourth-order valence-electron chi connectivity index (χ4n) is 4.25. The first-order chi connectivity index (χ1) is 12.8. The summed E-state index contributed by atoms with van der Waals surface area (Å²) in [7, 11) is 0. The van der Waals surface area contributed by atoms with Gasteiger partial charge in [0.05, 0.1) is 5.56 Å². The molecule has 0 spiro atoms. The molecule has 0 aromatic carbocycles. The average molecular weight is 366 g/mol. The molecule has 7 nitrogen and oxygen atoms in total. The highest BCUT2D eigenvalue weighted by Gasteiger charge is 2.42. The number of nitrogens with zero attached hydrogens (tertiary/aromatic N) is 2. The maximum Gasteiger partial charge on any atom is 0.329 e. The number of ketones is 1. The van der Waals surface area contributed by atoms with Crippen molar-refractivity contribution in [2.24, 2.45) is 5.41 Å². The van der Waals surface area contributed by atoms with Crippen LogP contribution in [0.3, 0.4) is 0 Å². The lowest BCUT2D eigenvalue weighted by Gasteiger charge is -2.39. The van der Waals surface area contributed by atoms with Crippen LogP contribution in [0.25, 0.3) is 0 Å². The molecule has 2 aromatic rings. The standard InChI is InChI=1S/C20H22N4O3/c1-4-24-17-16(18(26)23-19(24)27)14(11-5-7-21-8-6-11)15-12(22-17)9-20(2,3)10-13(15)25/h5-8,14,22H,4,9-10H2,1-3H3,(H,23,26,27)/t14-/m1/s1. The van der Waals surface area contributed by atoms with Crippen LogP contribution in [-0.2, 0) is 11.3 Å². The van der Waals surface area contributed by atoms with Crippen molar-refractivity contribution in [3.8, 4) is 0 Å². The fraction of sp³-hybridized carbons (Fsp3) is 0.400. The van der Waals surface area contributed by atoms with E-state index < -0.39 is 17.2 Å². The molecule has 0 radical (unpaired) electrons. The first-order valence-electron chi connectivity index (χ1n) is 9.12. The molecule has 0 saturated heterocycles. The highest BCUT2D eigenvalue weighted by Crippen LogP contribution is 2.47. The number of aromatic amines is 1. The molecule has 0 amide bonds. The first kappa shape index (κ1) is 17.5. The summed E-state index contributed by atoms with van der Waals surface area (Å²) in [4.78, 5) is 44.6. The molecule has 0 unspecified atom stereocenters. The van der Waals surface area contributed by atoms with Crippen LogP contribution in [0.4, 0.5) is 5.82 Å². The largest absolute Gasteiger partial charge is 0.344 e. The number of carbonyl (C=O) groups excluding carboxylic acids is 1. The van der Waals surface area contributed by atoms with Crippen molar-refractivity contribution >= 4 is 11.6 Å². The highest BCUT2D eigenvalue weighted by atomic mass is 16.2. The van der Waals surface area contributed by atoms with E-state index in [1.54, 1.807) is 12.4 Å². The van der Waals surface area contributed by atoms with Gasteiger partial charge in [0.1, 0.15) is 5.82 Å². The van der Waals surface area contributed by atoms with Gasteiger partial charge in [0, 0.05) is 42.5 Å². The van der Waals surface area contributed by atoms with E-state index >= 15 is 0 Å². The molecular formula is C20H22N4O3. The fourth-order valence-corrected chi connectivity index (χ4v) is 4.25. The second kappa shape index (κ2) is 6.04. The number of rotatable bonds is 2. The van der Waals surface area contributed by atoms with Gasteiger partial charge in [-0.15, -0.1) is 0 Å². The normalized spacial score (nSPS) is 20.7. The van der Waals surface area contributed by atoms with Crippen molar-refractivity contribution in [2.45, 2.75) is 46.1 Å². The quantitative estimate of drug-likeness (QED) is 0.849. The molecule has 1 aliphatic carbocycles. The smallest absolute Gasteiger partial charge is 0.329 e. The second-order valence-electron chi connectivity index (χ2n) is 7.94. The van der Waals surface area contributed by atoms with Crippen molar-refractivity contribution in [1.29, 1.82) is 0 Å². The van der Waals surface area contributed by atoms with E-state index in [9.17, 15) is 14.4 Å². The van der Waals surface area contributed by atoms with Crippen molar-refractivity contribution in [1.82, 2.24) is 14.5 Å². The number of carbonyl (C=O) groups is 1. The number of H-pyrrole nitrogens is 1. The van der Waals surface area contributed by atoms with E-state index in [1.165, 1.54) is 4.57 Å². The van der Waals surface area contributed by atoms with E-state index in [4.69, 9.17) is 0 Å². The zero-order valence-corrected chi connectivity index (χ0v) is 15.6. The Balaban J connectivity index is 2.06. The number of hydrogen-bond donors (Lipinski definition) is 2. The maximum absolute atomic E-state index is 13.1. The van der Waals surface area contributed by atoms with Gasteiger partial charge < -0.3 is 5.32 Å². The van der Waals surface area contributed by atoms with E-state index in [1.807, 2.05) is 19.1 Å². The van der Waals surface area contributed by atoms with Gasteiger partial charge in [-0.1, -0.05) is 13.8 Å². The number of hydrogen-bond acceptors (Lipinski definition) is 5. The zero-order chi connectivity index (χ0) is 19.3. The molecule has 0 bridgehead atoms. The highest BCUT2D eigenvalue weighted by molar-refractivity contribution is 6.01. The van der Waals surface area contributed by atoms with Crippen molar-refractivity contribution in [3.05, 3.63) is 67.8 Å². The molecule has 1 aliphatic heterocycles. The molecule has 0 fully saturated rings. The Hall–Kier alpha value is -2.96. The van der Waals surface area contributed by atoms with Crippen LogP contribution in [-0.4, -0.2) is 20.3 Å². The Bertz CT molecular complexity index is 1080. The Kier molecular flexibility index (Phi) is 3.91. The Labute approximate surface area is 156 Å². The summed E-state index contributed by atoms with van der Waals surface area (Å²) < 4.78 is 1.51. The third-order valence-corrected chi connectivity index (χ3v) is 5.36. The van der Waals surface area contributed by atoms with E-state index in [0.717, 1.165) is 11.3 Å². The van der Waals surface area contributed by atoms with E-state index in [0.29, 0.717) is 36.3 Å². The van der Waals surface area contributed by atoms with Crippen LogP contribution in [0.5, 0.6) is 0 Å². The number of nitrogens with one attached hydrogen (secondary N) is 2. The third kappa shape index (κ3) is 2.74. The van der Waals surface area contributed by atoms with Gasteiger partial charge in [0.25, 0.3) is 5.56 Å². The van der Waals surface area contributed by atoms with Crippen LogP contribution in [0, 0.1) is 5.41 Å². The summed E-state index contributed by atoms with van der Waals surface area (Å²) in [5, 5.41) is 3.27. The molecule has 3 heterocycles. The number of allylic oxidation sites excluding steroid dienone is 2. The van der Waals surface area contributed by atoms with Gasteiger partial charge in [-0.2, -0.15) is 0 Å². The predicted octanol–water partition coefficient (Wildman–Crippen LogP) is 2.15. The zero-order valence-electron chi connectivity index (χ0n) is 15.6. The summed E-state index contributed by atoms with van der Waals surface area (Å²) in [6, 6.07) is 3.64. The lowest BCUT2D eigenvalue weighted by Crippen LogP contribution is -2.41.